The van der Waals surface area contributed by atoms with E-state index in [1.807, 2.05) is 10.7 Å². The molecule has 7 nitrogen and oxygen atoms in total. The highest BCUT2D eigenvalue weighted by molar-refractivity contribution is 5.95. The Kier molecular flexibility index (Phi) is 4.32. The molecule has 0 spiro atoms. The van der Waals surface area contributed by atoms with E-state index in [0.717, 1.165) is 60.1 Å². The lowest BCUT2D eigenvalue weighted by Crippen LogP contribution is -2.36. The fraction of sp³-hybridized carbons (Fsp3) is 0.167. The van der Waals surface area contributed by atoms with E-state index in [2.05, 4.69) is 85.9 Å². The van der Waals surface area contributed by atoms with Crippen molar-refractivity contribution in [1.82, 2.24) is 19.6 Å². The molecule has 1 saturated heterocycles. The van der Waals surface area contributed by atoms with Gasteiger partial charge in [0.15, 0.2) is 5.65 Å². The van der Waals surface area contributed by atoms with Gasteiger partial charge < -0.3 is 19.9 Å². The first-order valence-corrected chi connectivity index (χ1v) is 10.5. The Labute approximate surface area is 179 Å². The standard InChI is InChI=1S/C24H22N6O/c1-2-20(19-10-11-25-21(19)3-1)23-9-8-22(24-26-16-27-30(23)24)28-17-4-6-18(7-5-17)29-12-14-31-15-13-29/h1-11,16,25,28H,12-15H2. The molecule has 3 aromatic heterocycles. The fourth-order valence-electron chi connectivity index (χ4n) is 4.25. The smallest absolute Gasteiger partial charge is 0.179 e. The Morgan fingerprint density at radius 3 is 2.68 bits per heavy atom. The molecular formula is C24H22N6O. The molecule has 1 fully saturated rings. The number of fused-ring (bicyclic) bond motifs is 2. The van der Waals surface area contributed by atoms with E-state index in [-0.39, 0.29) is 0 Å². The summed E-state index contributed by atoms with van der Waals surface area (Å²) in [6.07, 6.45) is 3.56. The number of aromatic amines is 1. The van der Waals surface area contributed by atoms with Crippen molar-refractivity contribution >= 4 is 33.6 Å². The molecule has 0 atom stereocenters. The minimum Gasteiger partial charge on any atom is -0.378 e. The molecule has 0 saturated carbocycles. The van der Waals surface area contributed by atoms with Crippen LogP contribution in [0.2, 0.25) is 0 Å². The summed E-state index contributed by atoms with van der Waals surface area (Å²) in [5.74, 6) is 0. The first-order chi connectivity index (χ1) is 15.4. The number of morpholine rings is 1. The minimum absolute atomic E-state index is 0.785. The van der Waals surface area contributed by atoms with Crippen molar-refractivity contribution in [2.24, 2.45) is 0 Å². The summed E-state index contributed by atoms with van der Waals surface area (Å²) in [7, 11) is 0. The van der Waals surface area contributed by atoms with Crippen molar-refractivity contribution < 1.29 is 4.74 Å². The molecule has 0 aliphatic carbocycles. The quantitative estimate of drug-likeness (QED) is 0.458. The average molecular weight is 410 g/mol. The molecular weight excluding hydrogens is 388 g/mol. The van der Waals surface area contributed by atoms with E-state index in [9.17, 15) is 0 Å². The van der Waals surface area contributed by atoms with Crippen molar-refractivity contribution in [1.29, 1.82) is 0 Å². The van der Waals surface area contributed by atoms with Gasteiger partial charge in [0.25, 0.3) is 0 Å². The number of H-pyrrole nitrogens is 1. The van der Waals surface area contributed by atoms with Crippen LogP contribution < -0.4 is 10.2 Å². The third-order valence-electron chi connectivity index (χ3n) is 5.82. The summed E-state index contributed by atoms with van der Waals surface area (Å²) in [4.78, 5) is 10.1. The van der Waals surface area contributed by atoms with Crippen LogP contribution in [0.5, 0.6) is 0 Å². The lowest BCUT2D eigenvalue weighted by atomic mass is 10.1. The van der Waals surface area contributed by atoms with E-state index in [4.69, 9.17) is 4.74 Å². The molecule has 4 heterocycles. The summed E-state index contributed by atoms with van der Waals surface area (Å²) in [5, 5.41) is 9.17. The number of hydrogen-bond acceptors (Lipinski definition) is 5. The molecule has 2 aromatic carbocycles. The number of ether oxygens (including phenoxy) is 1. The number of pyridine rings is 1. The first-order valence-electron chi connectivity index (χ1n) is 10.5. The highest BCUT2D eigenvalue weighted by Gasteiger charge is 2.14. The zero-order valence-electron chi connectivity index (χ0n) is 17.0. The molecule has 0 unspecified atom stereocenters. The summed E-state index contributed by atoms with van der Waals surface area (Å²) in [6.45, 7) is 3.44. The fourth-order valence-corrected chi connectivity index (χ4v) is 4.25. The number of anilines is 3. The predicted molar refractivity (Wildman–Crippen MR) is 123 cm³/mol. The van der Waals surface area contributed by atoms with E-state index >= 15 is 0 Å². The van der Waals surface area contributed by atoms with E-state index < -0.39 is 0 Å². The van der Waals surface area contributed by atoms with Crippen LogP contribution in [-0.2, 0) is 4.74 Å². The van der Waals surface area contributed by atoms with E-state index in [1.54, 1.807) is 6.33 Å². The number of benzene rings is 2. The van der Waals surface area contributed by atoms with E-state index in [0.29, 0.717) is 0 Å². The molecule has 7 heteroatoms. The summed E-state index contributed by atoms with van der Waals surface area (Å²) in [5.41, 5.74) is 7.18. The lowest BCUT2D eigenvalue weighted by molar-refractivity contribution is 0.122. The maximum atomic E-state index is 5.45. The molecule has 2 N–H and O–H groups in total. The maximum Gasteiger partial charge on any atom is 0.179 e. The van der Waals surface area contributed by atoms with Gasteiger partial charge in [0.1, 0.15) is 6.33 Å². The first kappa shape index (κ1) is 18.0. The van der Waals surface area contributed by atoms with Crippen LogP contribution in [0, 0.1) is 0 Å². The van der Waals surface area contributed by atoms with Crippen molar-refractivity contribution in [3.8, 4) is 11.3 Å². The summed E-state index contributed by atoms with van der Waals surface area (Å²) < 4.78 is 7.34. The second-order valence-electron chi connectivity index (χ2n) is 7.64. The molecule has 6 rings (SSSR count). The molecule has 0 amide bonds. The Balaban J connectivity index is 1.33. The maximum absolute atomic E-state index is 5.45. The molecule has 5 aromatic rings. The number of hydrogen-bond donors (Lipinski definition) is 2. The number of nitrogens with one attached hydrogen (secondary N) is 2. The van der Waals surface area contributed by atoms with Crippen molar-refractivity contribution in [3.05, 3.63) is 73.2 Å². The molecule has 1 aliphatic rings. The highest BCUT2D eigenvalue weighted by Crippen LogP contribution is 2.31. The lowest BCUT2D eigenvalue weighted by Gasteiger charge is -2.28. The second kappa shape index (κ2) is 7.45. The van der Waals surface area contributed by atoms with Crippen LogP contribution in [0.25, 0.3) is 27.8 Å². The van der Waals surface area contributed by atoms with Crippen LogP contribution in [0.15, 0.2) is 73.2 Å². The van der Waals surface area contributed by atoms with Crippen LogP contribution >= 0.6 is 0 Å². The van der Waals surface area contributed by atoms with Crippen LogP contribution in [0.3, 0.4) is 0 Å². The summed E-state index contributed by atoms with van der Waals surface area (Å²) >= 11 is 0. The van der Waals surface area contributed by atoms with Gasteiger partial charge in [-0.15, -0.1) is 0 Å². The van der Waals surface area contributed by atoms with Crippen LogP contribution in [0.1, 0.15) is 0 Å². The Morgan fingerprint density at radius 2 is 1.81 bits per heavy atom. The zero-order valence-corrected chi connectivity index (χ0v) is 17.0. The monoisotopic (exact) mass is 410 g/mol. The third-order valence-corrected chi connectivity index (χ3v) is 5.82. The van der Waals surface area contributed by atoms with Gasteiger partial charge in [0.05, 0.1) is 24.6 Å². The van der Waals surface area contributed by atoms with Crippen molar-refractivity contribution in [2.75, 3.05) is 36.5 Å². The van der Waals surface area contributed by atoms with Crippen molar-refractivity contribution in [2.45, 2.75) is 0 Å². The normalized spacial score (nSPS) is 14.4. The Hall–Kier alpha value is -3.84. The number of aromatic nitrogens is 4. The van der Waals surface area contributed by atoms with Gasteiger partial charge in [-0.3, -0.25) is 0 Å². The van der Waals surface area contributed by atoms with Gasteiger partial charge in [-0.05, 0) is 48.5 Å². The topological polar surface area (TPSA) is 70.5 Å². The van der Waals surface area contributed by atoms with Gasteiger partial charge in [-0.2, -0.15) is 5.10 Å². The molecule has 1 aliphatic heterocycles. The molecule has 0 bridgehead atoms. The van der Waals surface area contributed by atoms with Crippen molar-refractivity contribution in [3.63, 3.8) is 0 Å². The van der Waals surface area contributed by atoms with Gasteiger partial charge in [0, 0.05) is 47.1 Å². The van der Waals surface area contributed by atoms with Gasteiger partial charge >= 0.3 is 0 Å². The summed E-state index contributed by atoms with van der Waals surface area (Å²) in [6, 6.07) is 21.0. The zero-order chi connectivity index (χ0) is 20.6. The minimum atomic E-state index is 0.785. The van der Waals surface area contributed by atoms with Crippen LogP contribution in [0.4, 0.5) is 17.1 Å². The molecule has 31 heavy (non-hydrogen) atoms. The second-order valence-corrected chi connectivity index (χ2v) is 7.64. The Bertz CT molecular complexity index is 1350. The Morgan fingerprint density at radius 1 is 0.935 bits per heavy atom. The third kappa shape index (κ3) is 3.19. The number of rotatable bonds is 4. The van der Waals surface area contributed by atoms with Gasteiger partial charge in [-0.25, -0.2) is 9.50 Å². The predicted octanol–water partition coefficient (Wildman–Crippen LogP) is 4.46. The van der Waals surface area contributed by atoms with E-state index in [1.165, 1.54) is 11.1 Å². The molecule has 0 radical (unpaired) electrons. The van der Waals surface area contributed by atoms with Gasteiger partial charge in [-0.1, -0.05) is 12.1 Å². The van der Waals surface area contributed by atoms with Crippen LogP contribution in [-0.4, -0.2) is 45.9 Å². The SMILES string of the molecule is c1cc(-c2ccc(Nc3ccc(N4CCOCC4)cc3)c3ncnn23)c2cc[nH]c2c1. The largest absolute Gasteiger partial charge is 0.378 e. The van der Waals surface area contributed by atoms with Gasteiger partial charge in [0.2, 0.25) is 0 Å². The average Bonchev–Trinajstić information content (AvgIpc) is 3.50. The number of nitrogens with zero attached hydrogens (tertiary/aromatic N) is 4. The molecule has 154 valence electrons. The highest BCUT2D eigenvalue weighted by atomic mass is 16.5.